The molecule has 0 bridgehead atoms. The molecule has 0 radical (unpaired) electrons. The Morgan fingerprint density at radius 3 is 2.82 bits per heavy atom. The molecule has 0 aromatic rings. The molecular weight excluding hydrogens is 288 g/mol. The highest BCUT2D eigenvalue weighted by molar-refractivity contribution is 5.70. The van der Waals surface area contributed by atoms with Crippen molar-refractivity contribution in [2.24, 2.45) is 5.11 Å². The fourth-order valence-corrected chi connectivity index (χ4v) is 2.16. The van der Waals surface area contributed by atoms with E-state index < -0.39 is 29.6 Å². The third-order valence-corrected chi connectivity index (χ3v) is 3.09. The second-order valence-corrected chi connectivity index (χ2v) is 6.51. The van der Waals surface area contributed by atoms with E-state index in [9.17, 15) is 9.90 Å². The summed E-state index contributed by atoms with van der Waals surface area (Å²) in [5.74, 6) is 0. The van der Waals surface area contributed by atoms with Crippen LogP contribution in [0.4, 0.5) is 4.79 Å². The summed E-state index contributed by atoms with van der Waals surface area (Å²) in [5, 5.41) is 13.6. The number of nitrogens with zero attached hydrogens (tertiary/aromatic N) is 4. The van der Waals surface area contributed by atoms with Gasteiger partial charge in [0.05, 0.1) is 18.8 Å². The molecule has 0 aromatic heterocycles. The summed E-state index contributed by atoms with van der Waals surface area (Å²) in [4.78, 5) is 16.4. The van der Waals surface area contributed by atoms with Gasteiger partial charge in [-0.25, -0.2) is 4.79 Å². The predicted molar refractivity (Wildman–Crippen MR) is 81.1 cm³/mol. The zero-order valence-corrected chi connectivity index (χ0v) is 13.7. The van der Waals surface area contributed by atoms with E-state index in [4.69, 9.17) is 15.0 Å². The van der Waals surface area contributed by atoms with Gasteiger partial charge >= 0.3 is 6.09 Å². The minimum Gasteiger partial charge on any atom is -0.444 e. The van der Waals surface area contributed by atoms with E-state index >= 15 is 0 Å². The Bertz CT molecular complexity index is 478. The number of aliphatic hydroxyl groups is 1. The molecule has 2 unspecified atom stereocenters. The molecule has 1 heterocycles. The van der Waals surface area contributed by atoms with Crippen LogP contribution in [-0.2, 0) is 9.47 Å². The molecular formula is C14H24N4O4. The summed E-state index contributed by atoms with van der Waals surface area (Å²) in [6.45, 7) is 9.15. The van der Waals surface area contributed by atoms with Crippen molar-refractivity contribution in [3.8, 4) is 0 Å². The standard InChI is InChI=1S/C14H24N4O4/c1-13(2,3)22-12(20)18-10(9-21-14(18,4)5)11(19)7-6-8-16-17-15/h6-7,10-11,19H,8-9H2,1-5H3/b7-6+. The van der Waals surface area contributed by atoms with Gasteiger partial charge in [0.15, 0.2) is 0 Å². The van der Waals surface area contributed by atoms with Crippen LogP contribution in [0.25, 0.3) is 10.4 Å². The quantitative estimate of drug-likeness (QED) is 0.372. The molecule has 8 nitrogen and oxygen atoms in total. The fourth-order valence-electron chi connectivity index (χ4n) is 2.16. The monoisotopic (exact) mass is 312 g/mol. The maximum absolute atomic E-state index is 12.4. The van der Waals surface area contributed by atoms with E-state index in [-0.39, 0.29) is 13.2 Å². The molecule has 0 aliphatic carbocycles. The average molecular weight is 312 g/mol. The summed E-state index contributed by atoms with van der Waals surface area (Å²) in [6.07, 6.45) is 1.55. The van der Waals surface area contributed by atoms with Crippen LogP contribution < -0.4 is 0 Å². The van der Waals surface area contributed by atoms with Gasteiger partial charge in [0.1, 0.15) is 11.3 Å². The number of amides is 1. The SMILES string of the molecule is CC(C)(C)OC(=O)N1C(C(O)/C=C/CN=[N+]=[N-])COC1(C)C. The summed E-state index contributed by atoms with van der Waals surface area (Å²) >= 11 is 0. The molecule has 0 saturated carbocycles. The number of carbonyl (C=O) groups excluding carboxylic acids is 1. The first-order chi connectivity index (χ1) is 10.1. The predicted octanol–water partition coefficient (Wildman–Crippen LogP) is 2.59. The van der Waals surface area contributed by atoms with Crippen LogP contribution in [0.5, 0.6) is 0 Å². The van der Waals surface area contributed by atoms with Crippen molar-refractivity contribution in [1.82, 2.24) is 4.90 Å². The second-order valence-electron chi connectivity index (χ2n) is 6.51. The highest BCUT2D eigenvalue weighted by atomic mass is 16.6. The van der Waals surface area contributed by atoms with E-state index in [0.717, 1.165) is 0 Å². The van der Waals surface area contributed by atoms with Gasteiger partial charge in [-0.3, -0.25) is 4.90 Å². The Morgan fingerprint density at radius 1 is 1.64 bits per heavy atom. The molecule has 1 saturated heterocycles. The van der Waals surface area contributed by atoms with Crippen LogP contribution in [0.3, 0.4) is 0 Å². The lowest BCUT2D eigenvalue weighted by Gasteiger charge is -2.36. The van der Waals surface area contributed by atoms with Crippen LogP contribution >= 0.6 is 0 Å². The first-order valence-electron chi connectivity index (χ1n) is 7.10. The van der Waals surface area contributed by atoms with Crippen LogP contribution in [0.15, 0.2) is 17.3 Å². The molecule has 1 fully saturated rings. The van der Waals surface area contributed by atoms with E-state index in [1.807, 2.05) is 0 Å². The third-order valence-electron chi connectivity index (χ3n) is 3.09. The number of aliphatic hydroxyl groups excluding tert-OH is 1. The minimum absolute atomic E-state index is 0.136. The van der Waals surface area contributed by atoms with Crippen molar-refractivity contribution in [2.45, 2.75) is 58.1 Å². The molecule has 1 aliphatic rings. The lowest BCUT2D eigenvalue weighted by Crippen LogP contribution is -2.53. The Labute approximate surface area is 130 Å². The van der Waals surface area contributed by atoms with E-state index in [1.165, 1.54) is 11.0 Å². The first kappa shape index (κ1) is 18.3. The average Bonchev–Trinajstić information content (AvgIpc) is 2.68. The number of carbonyl (C=O) groups is 1. The Morgan fingerprint density at radius 2 is 2.27 bits per heavy atom. The van der Waals surface area contributed by atoms with Crippen molar-refractivity contribution in [2.75, 3.05) is 13.2 Å². The van der Waals surface area contributed by atoms with Crippen molar-refractivity contribution < 1.29 is 19.4 Å². The topological polar surface area (TPSA) is 108 Å². The zero-order valence-electron chi connectivity index (χ0n) is 13.7. The smallest absolute Gasteiger partial charge is 0.413 e. The van der Waals surface area contributed by atoms with Crippen molar-refractivity contribution in [3.05, 3.63) is 22.6 Å². The van der Waals surface area contributed by atoms with Crippen molar-refractivity contribution in [1.29, 1.82) is 0 Å². The molecule has 8 heteroatoms. The normalized spacial score (nSPS) is 22.5. The number of ether oxygens (including phenoxy) is 2. The highest BCUT2D eigenvalue weighted by Crippen LogP contribution is 2.31. The molecule has 1 amide bonds. The Balaban J connectivity index is 2.86. The third kappa shape index (κ3) is 4.91. The summed E-state index contributed by atoms with van der Waals surface area (Å²) in [5.41, 5.74) is 6.70. The van der Waals surface area contributed by atoms with E-state index in [0.29, 0.717) is 0 Å². The van der Waals surface area contributed by atoms with Crippen LogP contribution in [0.2, 0.25) is 0 Å². The molecule has 1 rings (SSSR count). The van der Waals surface area contributed by atoms with E-state index in [1.54, 1.807) is 40.7 Å². The van der Waals surface area contributed by atoms with Gasteiger partial charge in [-0.05, 0) is 40.1 Å². The highest BCUT2D eigenvalue weighted by Gasteiger charge is 2.47. The fraction of sp³-hybridized carbons (Fsp3) is 0.786. The van der Waals surface area contributed by atoms with Crippen LogP contribution in [0.1, 0.15) is 34.6 Å². The molecule has 2 atom stereocenters. The molecule has 1 aliphatic heterocycles. The summed E-state index contributed by atoms with van der Waals surface area (Å²) in [7, 11) is 0. The lowest BCUT2D eigenvalue weighted by atomic mass is 10.1. The number of hydrogen-bond acceptors (Lipinski definition) is 5. The van der Waals surface area contributed by atoms with Crippen LogP contribution in [0, 0.1) is 0 Å². The van der Waals surface area contributed by atoms with Gasteiger partial charge in [0, 0.05) is 11.5 Å². The van der Waals surface area contributed by atoms with Gasteiger partial charge in [-0.1, -0.05) is 17.3 Å². The Hall–Kier alpha value is -1.76. The molecule has 0 aromatic carbocycles. The van der Waals surface area contributed by atoms with Gasteiger partial charge in [-0.15, -0.1) is 0 Å². The number of azide groups is 1. The van der Waals surface area contributed by atoms with Gasteiger partial charge < -0.3 is 14.6 Å². The number of rotatable bonds is 4. The minimum atomic E-state index is -0.941. The van der Waals surface area contributed by atoms with Gasteiger partial charge in [-0.2, -0.15) is 0 Å². The molecule has 0 spiro atoms. The molecule has 124 valence electrons. The molecule has 22 heavy (non-hydrogen) atoms. The second kappa shape index (κ2) is 7.00. The first-order valence-corrected chi connectivity index (χ1v) is 7.10. The summed E-state index contributed by atoms with van der Waals surface area (Å²) in [6, 6.07) is -0.563. The molecule has 1 N–H and O–H groups in total. The van der Waals surface area contributed by atoms with Crippen molar-refractivity contribution in [3.63, 3.8) is 0 Å². The Kier molecular flexibility index (Phi) is 5.82. The maximum Gasteiger partial charge on any atom is 0.413 e. The maximum atomic E-state index is 12.4. The van der Waals surface area contributed by atoms with Gasteiger partial charge in [0.25, 0.3) is 0 Å². The number of hydrogen-bond donors (Lipinski definition) is 1. The largest absolute Gasteiger partial charge is 0.444 e. The lowest BCUT2D eigenvalue weighted by molar-refractivity contribution is -0.0660. The zero-order chi connectivity index (χ0) is 17.0. The van der Waals surface area contributed by atoms with Crippen LogP contribution in [-0.4, -0.2) is 52.7 Å². The van der Waals surface area contributed by atoms with Crippen molar-refractivity contribution >= 4 is 6.09 Å². The van der Waals surface area contributed by atoms with E-state index in [2.05, 4.69) is 10.0 Å². The summed E-state index contributed by atoms with van der Waals surface area (Å²) < 4.78 is 11.0. The van der Waals surface area contributed by atoms with Gasteiger partial charge in [0.2, 0.25) is 0 Å².